The third kappa shape index (κ3) is 3.64. The van der Waals surface area contributed by atoms with Crippen LogP contribution in [0.5, 0.6) is 0 Å². The lowest BCUT2D eigenvalue weighted by Gasteiger charge is -2.18. The molecule has 0 saturated heterocycles. The van der Waals surface area contributed by atoms with Gasteiger partial charge in [-0.3, -0.25) is 14.9 Å². The maximum atomic E-state index is 11.4. The van der Waals surface area contributed by atoms with Gasteiger partial charge in [-0.25, -0.2) is 9.78 Å². The number of nitro groups is 1. The fourth-order valence-corrected chi connectivity index (χ4v) is 1.55. The topological polar surface area (TPSA) is 126 Å². The van der Waals surface area contributed by atoms with E-state index in [-0.39, 0.29) is 23.8 Å². The standard InChI is InChI=1S/C11H14N4O5/c1-3-12-9(16)6-14(2)10-8(11(17)18)4-7(5-13-10)15(19)20/h4-5H,3,6H2,1-2H3,(H,12,16)(H,17,18). The number of carboxylic acids is 1. The Hall–Kier alpha value is -2.71. The van der Waals surface area contributed by atoms with Crippen LogP contribution in [0.4, 0.5) is 11.5 Å². The smallest absolute Gasteiger partial charge is 0.339 e. The van der Waals surface area contributed by atoms with Crippen LogP contribution in [0.1, 0.15) is 17.3 Å². The molecular formula is C11H14N4O5. The van der Waals surface area contributed by atoms with Gasteiger partial charge >= 0.3 is 5.97 Å². The average molecular weight is 282 g/mol. The van der Waals surface area contributed by atoms with Crippen molar-refractivity contribution in [3.8, 4) is 0 Å². The SMILES string of the molecule is CCNC(=O)CN(C)c1ncc([N+](=O)[O-])cc1C(=O)O. The Balaban J connectivity index is 3.07. The summed E-state index contributed by atoms with van der Waals surface area (Å²) in [6, 6.07) is 0.916. The van der Waals surface area contributed by atoms with Gasteiger partial charge in [-0.1, -0.05) is 0 Å². The van der Waals surface area contributed by atoms with Gasteiger partial charge in [-0.15, -0.1) is 0 Å². The Morgan fingerprint density at radius 1 is 1.55 bits per heavy atom. The molecular weight excluding hydrogens is 268 g/mol. The van der Waals surface area contributed by atoms with Gasteiger partial charge in [-0.2, -0.15) is 0 Å². The summed E-state index contributed by atoms with van der Waals surface area (Å²) in [7, 11) is 1.48. The summed E-state index contributed by atoms with van der Waals surface area (Å²) in [6.45, 7) is 2.11. The van der Waals surface area contributed by atoms with Crippen molar-refractivity contribution in [2.75, 3.05) is 25.0 Å². The molecule has 0 saturated carbocycles. The van der Waals surface area contributed by atoms with Crippen LogP contribution in [-0.2, 0) is 4.79 Å². The lowest BCUT2D eigenvalue weighted by Crippen LogP contribution is -2.36. The number of likely N-dealkylation sites (N-methyl/N-ethyl adjacent to an activating group) is 2. The molecule has 9 heteroatoms. The summed E-state index contributed by atoms with van der Waals surface area (Å²) in [5.74, 6) is -1.65. The molecule has 0 bridgehead atoms. The first kappa shape index (κ1) is 15.3. The molecule has 0 radical (unpaired) electrons. The number of amides is 1. The molecule has 0 aliphatic rings. The van der Waals surface area contributed by atoms with Crippen molar-refractivity contribution >= 4 is 23.4 Å². The molecule has 0 fully saturated rings. The first-order valence-electron chi connectivity index (χ1n) is 5.72. The Morgan fingerprint density at radius 2 is 2.20 bits per heavy atom. The largest absolute Gasteiger partial charge is 0.478 e. The zero-order chi connectivity index (χ0) is 15.3. The molecule has 1 heterocycles. The minimum atomic E-state index is -1.35. The van der Waals surface area contributed by atoms with Crippen molar-refractivity contribution in [2.24, 2.45) is 0 Å². The fourth-order valence-electron chi connectivity index (χ4n) is 1.55. The van der Waals surface area contributed by atoms with Crippen molar-refractivity contribution in [3.05, 3.63) is 27.9 Å². The number of anilines is 1. The minimum absolute atomic E-state index is 0.00523. The molecule has 0 aromatic carbocycles. The van der Waals surface area contributed by atoms with Crippen LogP contribution in [0, 0.1) is 10.1 Å². The van der Waals surface area contributed by atoms with E-state index < -0.39 is 16.6 Å². The second-order valence-electron chi connectivity index (χ2n) is 3.94. The number of pyridine rings is 1. The number of aromatic carboxylic acids is 1. The predicted octanol–water partition coefficient (Wildman–Crippen LogP) is 0.260. The number of nitrogens with zero attached hydrogens (tertiary/aromatic N) is 3. The number of nitrogens with one attached hydrogen (secondary N) is 1. The average Bonchev–Trinajstić information content (AvgIpc) is 2.37. The maximum Gasteiger partial charge on any atom is 0.339 e. The van der Waals surface area contributed by atoms with Gasteiger partial charge in [0.05, 0.1) is 11.5 Å². The van der Waals surface area contributed by atoms with Crippen molar-refractivity contribution in [1.29, 1.82) is 0 Å². The van der Waals surface area contributed by atoms with E-state index in [0.29, 0.717) is 6.54 Å². The van der Waals surface area contributed by atoms with Gasteiger partial charge in [0, 0.05) is 19.7 Å². The summed E-state index contributed by atoms with van der Waals surface area (Å²) in [5.41, 5.74) is -0.747. The number of carbonyl (C=O) groups excluding carboxylic acids is 1. The van der Waals surface area contributed by atoms with E-state index in [1.807, 2.05) is 0 Å². The van der Waals surface area contributed by atoms with Gasteiger partial charge in [0.15, 0.2) is 0 Å². The lowest BCUT2D eigenvalue weighted by atomic mass is 10.2. The molecule has 0 aliphatic carbocycles. The quantitative estimate of drug-likeness (QED) is 0.566. The second kappa shape index (κ2) is 6.45. The summed E-state index contributed by atoms with van der Waals surface area (Å²) in [6.07, 6.45) is 0.954. The monoisotopic (exact) mass is 282 g/mol. The Morgan fingerprint density at radius 3 is 2.70 bits per heavy atom. The van der Waals surface area contributed by atoms with Gasteiger partial charge in [-0.05, 0) is 6.92 Å². The first-order chi connectivity index (χ1) is 9.36. The lowest BCUT2D eigenvalue weighted by molar-refractivity contribution is -0.385. The highest BCUT2D eigenvalue weighted by molar-refractivity contribution is 5.94. The van der Waals surface area contributed by atoms with E-state index in [0.717, 1.165) is 12.3 Å². The maximum absolute atomic E-state index is 11.4. The van der Waals surface area contributed by atoms with Crippen molar-refractivity contribution < 1.29 is 19.6 Å². The van der Waals surface area contributed by atoms with Crippen molar-refractivity contribution in [2.45, 2.75) is 6.92 Å². The van der Waals surface area contributed by atoms with Gasteiger partial charge in [0.1, 0.15) is 17.6 Å². The zero-order valence-electron chi connectivity index (χ0n) is 11.0. The van der Waals surface area contributed by atoms with Crippen LogP contribution in [-0.4, -0.2) is 47.0 Å². The predicted molar refractivity (Wildman–Crippen MR) is 69.8 cm³/mol. The summed E-state index contributed by atoms with van der Waals surface area (Å²) < 4.78 is 0. The van der Waals surface area contributed by atoms with E-state index >= 15 is 0 Å². The Bertz CT molecular complexity index is 546. The Labute approximate surface area is 114 Å². The highest BCUT2D eigenvalue weighted by Gasteiger charge is 2.21. The second-order valence-corrected chi connectivity index (χ2v) is 3.94. The van der Waals surface area contributed by atoms with Crippen LogP contribution in [0.3, 0.4) is 0 Å². The van der Waals surface area contributed by atoms with Gasteiger partial charge < -0.3 is 15.3 Å². The van der Waals surface area contributed by atoms with E-state index in [1.165, 1.54) is 11.9 Å². The van der Waals surface area contributed by atoms with Gasteiger partial charge in [0.25, 0.3) is 5.69 Å². The van der Waals surface area contributed by atoms with E-state index in [1.54, 1.807) is 6.92 Å². The molecule has 9 nitrogen and oxygen atoms in total. The summed E-state index contributed by atoms with van der Waals surface area (Å²) in [5, 5.41) is 22.2. The van der Waals surface area contributed by atoms with Crippen molar-refractivity contribution in [1.82, 2.24) is 10.3 Å². The van der Waals surface area contributed by atoms with Gasteiger partial charge in [0.2, 0.25) is 5.91 Å². The minimum Gasteiger partial charge on any atom is -0.478 e. The third-order valence-corrected chi connectivity index (χ3v) is 2.41. The molecule has 1 aromatic rings. The summed E-state index contributed by atoms with van der Waals surface area (Å²) in [4.78, 5) is 37.5. The molecule has 1 aromatic heterocycles. The fraction of sp³-hybridized carbons (Fsp3) is 0.364. The molecule has 0 unspecified atom stereocenters. The van der Waals surface area contributed by atoms with E-state index in [2.05, 4.69) is 10.3 Å². The molecule has 0 atom stereocenters. The molecule has 0 aliphatic heterocycles. The van der Waals surface area contributed by atoms with E-state index in [4.69, 9.17) is 5.11 Å². The van der Waals surface area contributed by atoms with Crippen LogP contribution in [0.25, 0.3) is 0 Å². The highest BCUT2D eigenvalue weighted by Crippen LogP contribution is 2.21. The summed E-state index contributed by atoms with van der Waals surface area (Å²) >= 11 is 0. The zero-order valence-corrected chi connectivity index (χ0v) is 11.0. The highest BCUT2D eigenvalue weighted by atomic mass is 16.6. The van der Waals surface area contributed by atoms with E-state index in [9.17, 15) is 19.7 Å². The van der Waals surface area contributed by atoms with Crippen LogP contribution < -0.4 is 10.2 Å². The first-order valence-corrected chi connectivity index (χ1v) is 5.72. The number of hydrogen-bond donors (Lipinski definition) is 2. The molecule has 20 heavy (non-hydrogen) atoms. The molecule has 0 spiro atoms. The van der Waals surface area contributed by atoms with Crippen LogP contribution in [0.15, 0.2) is 12.3 Å². The number of aromatic nitrogens is 1. The van der Waals surface area contributed by atoms with Crippen LogP contribution in [0.2, 0.25) is 0 Å². The molecule has 1 rings (SSSR count). The Kier molecular flexibility index (Phi) is 4.95. The molecule has 1 amide bonds. The normalized spacial score (nSPS) is 9.90. The molecule has 2 N–H and O–H groups in total. The molecule has 108 valence electrons. The number of carboxylic acid groups (broad SMARTS) is 1. The number of hydrogen-bond acceptors (Lipinski definition) is 6. The number of rotatable bonds is 6. The van der Waals surface area contributed by atoms with Crippen molar-refractivity contribution in [3.63, 3.8) is 0 Å². The van der Waals surface area contributed by atoms with Crippen LogP contribution >= 0.6 is 0 Å². The third-order valence-electron chi connectivity index (χ3n) is 2.41. The number of carbonyl (C=O) groups is 2.